The van der Waals surface area contributed by atoms with Crippen molar-refractivity contribution >= 4 is 40.9 Å². The normalized spacial score (nSPS) is 9.84. The lowest BCUT2D eigenvalue weighted by Gasteiger charge is -2.12. The number of methoxy groups -OCH3 is 2. The Hall–Kier alpha value is -2.52. The lowest BCUT2D eigenvalue weighted by Crippen LogP contribution is -2.34. The summed E-state index contributed by atoms with van der Waals surface area (Å²) in [5.74, 6) is -1.48. The van der Waals surface area contributed by atoms with E-state index in [0.717, 1.165) is 0 Å². The van der Waals surface area contributed by atoms with Gasteiger partial charge in [0.1, 0.15) is 6.61 Å². The maximum Gasteiger partial charge on any atom is 0.339 e. The third kappa shape index (κ3) is 7.73. The van der Waals surface area contributed by atoms with E-state index in [4.69, 9.17) is 21.7 Å². The quantitative estimate of drug-likeness (QED) is 0.402. The van der Waals surface area contributed by atoms with Gasteiger partial charge in [-0.25, -0.2) is 4.79 Å². The van der Waals surface area contributed by atoms with Crippen molar-refractivity contribution in [1.82, 2.24) is 5.32 Å². The van der Waals surface area contributed by atoms with Crippen molar-refractivity contribution in [3.05, 3.63) is 29.8 Å². The smallest absolute Gasteiger partial charge is 0.339 e. The van der Waals surface area contributed by atoms with Crippen molar-refractivity contribution in [2.45, 2.75) is 12.8 Å². The van der Waals surface area contributed by atoms with Gasteiger partial charge in [-0.3, -0.25) is 9.59 Å². The Bertz CT molecular complexity index is 635. The first-order valence-corrected chi connectivity index (χ1v) is 7.81. The molecule has 0 atom stereocenters. The van der Waals surface area contributed by atoms with Crippen LogP contribution in [0.15, 0.2) is 24.3 Å². The molecule has 25 heavy (non-hydrogen) atoms. The number of ether oxygens (including phenoxy) is 3. The average Bonchev–Trinajstić information content (AvgIpc) is 2.60. The Morgan fingerprint density at radius 2 is 1.80 bits per heavy atom. The Kier molecular flexibility index (Phi) is 9.12. The van der Waals surface area contributed by atoms with Crippen LogP contribution in [-0.2, 0) is 23.8 Å². The first-order chi connectivity index (χ1) is 12.0. The highest BCUT2D eigenvalue weighted by atomic mass is 32.1. The number of nitrogens with one attached hydrogen (secondary N) is 2. The molecule has 0 spiro atoms. The predicted octanol–water partition coefficient (Wildman–Crippen LogP) is 1.26. The third-order valence-corrected chi connectivity index (χ3v) is 3.14. The lowest BCUT2D eigenvalue weighted by molar-refractivity contribution is -0.146. The maximum absolute atomic E-state index is 11.8. The first-order valence-electron chi connectivity index (χ1n) is 7.40. The van der Waals surface area contributed by atoms with Gasteiger partial charge in [-0.05, 0) is 24.4 Å². The number of hydrogen-bond acceptors (Lipinski definition) is 7. The van der Waals surface area contributed by atoms with Crippen molar-refractivity contribution in [2.75, 3.05) is 32.8 Å². The van der Waals surface area contributed by atoms with Crippen molar-refractivity contribution in [3.8, 4) is 0 Å². The summed E-state index contributed by atoms with van der Waals surface area (Å²) in [6.07, 6.45) is -0.150. The minimum absolute atomic E-state index is 0.00843. The number of amides is 1. The van der Waals surface area contributed by atoms with E-state index in [0.29, 0.717) is 12.3 Å². The van der Waals surface area contributed by atoms with Gasteiger partial charge in [-0.1, -0.05) is 12.1 Å². The van der Waals surface area contributed by atoms with Crippen LogP contribution in [0.5, 0.6) is 0 Å². The molecule has 0 heterocycles. The molecule has 0 saturated carbocycles. The van der Waals surface area contributed by atoms with E-state index >= 15 is 0 Å². The molecule has 1 amide bonds. The lowest BCUT2D eigenvalue weighted by atomic mass is 10.2. The molecule has 2 N–H and O–H groups in total. The zero-order valence-electron chi connectivity index (χ0n) is 14.0. The largest absolute Gasteiger partial charge is 0.465 e. The van der Waals surface area contributed by atoms with Crippen LogP contribution in [0.2, 0.25) is 0 Å². The van der Waals surface area contributed by atoms with Crippen LogP contribution in [0, 0.1) is 0 Å². The summed E-state index contributed by atoms with van der Waals surface area (Å²) < 4.78 is 14.3. The van der Waals surface area contributed by atoms with Crippen LogP contribution < -0.4 is 10.6 Å². The van der Waals surface area contributed by atoms with Gasteiger partial charge in [0.25, 0.3) is 0 Å². The average molecular weight is 368 g/mol. The van der Waals surface area contributed by atoms with E-state index in [1.165, 1.54) is 14.2 Å². The molecule has 0 aliphatic rings. The van der Waals surface area contributed by atoms with Gasteiger partial charge in [0, 0.05) is 13.5 Å². The van der Waals surface area contributed by atoms with Crippen molar-refractivity contribution in [1.29, 1.82) is 0 Å². The molecule has 0 aromatic heterocycles. The number of benzene rings is 1. The Balaban J connectivity index is 2.45. The van der Waals surface area contributed by atoms with E-state index in [1.54, 1.807) is 24.3 Å². The van der Waals surface area contributed by atoms with E-state index in [1.807, 2.05) is 0 Å². The minimum Gasteiger partial charge on any atom is -0.465 e. The number of rotatable bonds is 8. The highest BCUT2D eigenvalue weighted by molar-refractivity contribution is 7.80. The Morgan fingerprint density at radius 1 is 1.08 bits per heavy atom. The van der Waals surface area contributed by atoms with Gasteiger partial charge < -0.3 is 24.8 Å². The van der Waals surface area contributed by atoms with Crippen LogP contribution >= 0.6 is 12.2 Å². The monoisotopic (exact) mass is 368 g/mol. The molecule has 0 aliphatic carbocycles. The highest BCUT2D eigenvalue weighted by Gasteiger charge is 2.13. The maximum atomic E-state index is 11.8. The van der Waals surface area contributed by atoms with Gasteiger partial charge >= 0.3 is 11.9 Å². The number of hydrogen-bond donors (Lipinski definition) is 2. The summed E-state index contributed by atoms with van der Waals surface area (Å²) in [6.45, 7) is 0.437. The molecule has 0 radical (unpaired) electrons. The molecule has 9 heteroatoms. The third-order valence-electron chi connectivity index (χ3n) is 2.94. The van der Waals surface area contributed by atoms with Gasteiger partial charge in [-0.15, -0.1) is 0 Å². The van der Waals surface area contributed by atoms with E-state index in [-0.39, 0.29) is 30.1 Å². The standard InChI is InChI=1S/C16H20N2O6S/c1-22-9-10-24-14(20)8-7-13(19)18-16(25)17-12-6-4-3-5-11(12)15(21)23-2/h3-6H,7-10H2,1-2H3,(H2,17,18,19,25). The molecule has 0 unspecified atom stereocenters. The second-order valence-electron chi connectivity index (χ2n) is 4.75. The molecular formula is C16H20N2O6S. The molecule has 0 bridgehead atoms. The van der Waals surface area contributed by atoms with Crippen molar-refractivity contribution in [3.63, 3.8) is 0 Å². The molecule has 1 rings (SSSR count). The zero-order valence-corrected chi connectivity index (χ0v) is 14.8. The number of thiocarbonyl (C=S) groups is 1. The molecule has 0 saturated heterocycles. The number of carbonyl (C=O) groups is 3. The topological polar surface area (TPSA) is 103 Å². The van der Waals surface area contributed by atoms with Crippen molar-refractivity contribution in [2.24, 2.45) is 0 Å². The van der Waals surface area contributed by atoms with Crippen molar-refractivity contribution < 1.29 is 28.6 Å². The molecule has 0 aliphatic heterocycles. The van der Waals surface area contributed by atoms with E-state index in [2.05, 4.69) is 15.4 Å². The van der Waals surface area contributed by atoms with Crippen LogP contribution in [-0.4, -0.2) is 50.4 Å². The Labute approximate surface area is 150 Å². The second-order valence-corrected chi connectivity index (χ2v) is 5.16. The van der Waals surface area contributed by atoms with E-state index in [9.17, 15) is 14.4 Å². The van der Waals surface area contributed by atoms with E-state index < -0.39 is 17.8 Å². The van der Waals surface area contributed by atoms with Crippen LogP contribution in [0.1, 0.15) is 23.2 Å². The number of carbonyl (C=O) groups excluding carboxylic acids is 3. The minimum atomic E-state index is -0.531. The molecule has 8 nitrogen and oxygen atoms in total. The molecule has 0 fully saturated rings. The summed E-state index contributed by atoms with van der Waals surface area (Å²) in [6, 6.07) is 6.57. The molecular weight excluding hydrogens is 348 g/mol. The fraction of sp³-hybridized carbons (Fsp3) is 0.375. The number of esters is 2. The van der Waals surface area contributed by atoms with Crippen LogP contribution in [0.3, 0.4) is 0 Å². The van der Waals surface area contributed by atoms with Crippen LogP contribution in [0.4, 0.5) is 5.69 Å². The Morgan fingerprint density at radius 3 is 2.48 bits per heavy atom. The molecule has 136 valence electrons. The zero-order chi connectivity index (χ0) is 18.7. The fourth-order valence-electron chi connectivity index (χ4n) is 1.75. The SMILES string of the molecule is COCCOC(=O)CCC(=O)NC(=S)Nc1ccccc1C(=O)OC. The van der Waals surface area contributed by atoms with Gasteiger partial charge in [-0.2, -0.15) is 0 Å². The van der Waals surface area contributed by atoms with Gasteiger partial charge in [0.2, 0.25) is 5.91 Å². The number of para-hydroxylation sites is 1. The summed E-state index contributed by atoms with van der Waals surface area (Å²) in [7, 11) is 2.76. The molecule has 1 aromatic carbocycles. The predicted molar refractivity (Wildman–Crippen MR) is 94.2 cm³/mol. The highest BCUT2D eigenvalue weighted by Crippen LogP contribution is 2.15. The van der Waals surface area contributed by atoms with Crippen LogP contribution in [0.25, 0.3) is 0 Å². The fourth-order valence-corrected chi connectivity index (χ4v) is 1.97. The number of anilines is 1. The summed E-state index contributed by atoms with van der Waals surface area (Å²) in [4.78, 5) is 34.9. The molecule has 1 aromatic rings. The second kappa shape index (κ2) is 11.1. The summed E-state index contributed by atoms with van der Waals surface area (Å²) in [5, 5.41) is 5.19. The van der Waals surface area contributed by atoms with Gasteiger partial charge in [0.05, 0.1) is 31.4 Å². The first kappa shape index (κ1) is 20.5. The summed E-state index contributed by atoms with van der Waals surface area (Å²) in [5.41, 5.74) is 0.682. The summed E-state index contributed by atoms with van der Waals surface area (Å²) >= 11 is 5.03. The van der Waals surface area contributed by atoms with Gasteiger partial charge in [0.15, 0.2) is 5.11 Å².